The van der Waals surface area contributed by atoms with Gasteiger partial charge in [-0.2, -0.15) is 4.80 Å². The molecule has 0 saturated heterocycles. The van der Waals surface area contributed by atoms with E-state index in [1.54, 1.807) is 35.2 Å². The number of rotatable bonds is 8. The normalized spacial score (nSPS) is 10.6. The molecule has 0 fully saturated rings. The second kappa shape index (κ2) is 9.12. The second-order valence-electron chi connectivity index (χ2n) is 6.46. The van der Waals surface area contributed by atoms with E-state index in [1.165, 1.54) is 24.0 Å². The minimum atomic E-state index is -0.528. The molecule has 0 saturated carbocycles. The summed E-state index contributed by atoms with van der Waals surface area (Å²) in [5, 5.41) is 12.1. The molecule has 30 heavy (non-hydrogen) atoms. The molecule has 0 aliphatic carbocycles. The Morgan fingerprint density at radius 3 is 2.53 bits per heavy atom. The van der Waals surface area contributed by atoms with E-state index in [1.807, 2.05) is 6.92 Å². The van der Waals surface area contributed by atoms with E-state index in [-0.39, 0.29) is 24.7 Å². The SMILES string of the molecule is CCN(Cc1ccc(OC)c(F)c1)C(=O)Cn1nnc(-c2ccc(C(N)=O)cc2)n1. The zero-order valence-electron chi connectivity index (χ0n) is 16.6. The van der Waals surface area contributed by atoms with Crippen molar-refractivity contribution in [2.45, 2.75) is 20.0 Å². The van der Waals surface area contributed by atoms with Gasteiger partial charge in [-0.15, -0.1) is 10.2 Å². The van der Waals surface area contributed by atoms with Gasteiger partial charge in [0.05, 0.1) is 7.11 Å². The molecule has 2 aromatic carbocycles. The van der Waals surface area contributed by atoms with Crippen molar-refractivity contribution in [1.82, 2.24) is 25.1 Å². The van der Waals surface area contributed by atoms with Crippen LogP contribution >= 0.6 is 0 Å². The number of likely N-dealkylation sites (N-methyl/N-ethyl adjacent to an activating group) is 1. The standard InChI is InChI=1S/C20H21FN6O3/c1-3-26(11-13-4-9-17(30-2)16(21)10-13)18(28)12-27-24-20(23-25-27)15-7-5-14(6-8-15)19(22)29/h4-10H,3,11-12H2,1-2H3,(H2,22,29). The lowest BCUT2D eigenvalue weighted by molar-refractivity contribution is -0.132. The summed E-state index contributed by atoms with van der Waals surface area (Å²) < 4.78 is 18.8. The van der Waals surface area contributed by atoms with Gasteiger partial charge in [0.15, 0.2) is 11.6 Å². The maximum absolute atomic E-state index is 13.9. The number of nitrogens with zero attached hydrogens (tertiary/aromatic N) is 5. The van der Waals surface area contributed by atoms with Gasteiger partial charge in [-0.3, -0.25) is 9.59 Å². The highest BCUT2D eigenvalue weighted by Crippen LogP contribution is 2.19. The van der Waals surface area contributed by atoms with Gasteiger partial charge in [0.1, 0.15) is 6.54 Å². The third kappa shape index (κ3) is 4.77. The van der Waals surface area contributed by atoms with Crippen molar-refractivity contribution in [2.24, 2.45) is 5.73 Å². The Balaban J connectivity index is 1.67. The number of benzene rings is 2. The number of hydrogen-bond acceptors (Lipinski definition) is 6. The molecule has 1 heterocycles. The van der Waals surface area contributed by atoms with Gasteiger partial charge in [0.25, 0.3) is 0 Å². The summed E-state index contributed by atoms with van der Waals surface area (Å²) in [4.78, 5) is 26.6. The highest BCUT2D eigenvalue weighted by Gasteiger charge is 2.16. The molecule has 2 N–H and O–H groups in total. The summed E-state index contributed by atoms with van der Waals surface area (Å²) in [6, 6.07) is 11.0. The van der Waals surface area contributed by atoms with Gasteiger partial charge in [-0.05, 0) is 42.0 Å². The summed E-state index contributed by atoms with van der Waals surface area (Å²) in [6.07, 6.45) is 0. The summed E-state index contributed by atoms with van der Waals surface area (Å²) in [5.41, 5.74) is 6.88. The third-order valence-corrected chi connectivity index (χ3v) is 4.48. The minimum absolute atomic E-state index is 0.112. The molecule has 10 heteroatoms. The lowest BCUT2D eigenvalue weighted by Gasteiger charge is -2.20. The predicted molar refractivity (Wildman–Crippen MR) is 106 cm³/mol. The number of methoxy groups -OCH3 is 1. The zero-order valence-corrected chi connectivity index (χ0v) is 16.6. The largest absolute Gasteiger partial charge is 0.494 e. The number of aromatic nitrogens is 4. The number of nitrogens with two attached hydrogens (primary N) is 1. The van der Waals surface area contributed by atoms with E-state index in [4.69, 9.17) is 10.5 Å². The zero-order chi connectivity index (χ0) is 21.7. The molecule has 0 aliphatic heterocycles. The lowest BCUT2D eigenvalue weighted by atomic mass is 10.1. The molecule has 0 atom stereocenters. The fourth-order valence-electron chi connectivity index (χ4n) is 2.84. The number of primary amides is 1. The first-order valence-electron chi connectivity index (χ1n) is 9.19. The maximum Gasteiger partial charge on any atom is 0.248 e. The average molecular weight is 412 g/mol. The first-order chi connectivity index (χ1) is 14.4. The van der Waals surface area contributed by atoms with Gasteiger partial charge >= 0.3 is 0 Å². The Morgan fingerprint density at radius 2 is 1.93 bits per heavy atom. The van der Waals surface area contributed by atoms with Crippen LogP contribution in [0.1, 0.15) is 22.8 Å². The van der Waals surface area contributed by atoms with E-state index in [0.29, 0.717) is 29.1 Å². The van der Waals surface area contributed by atoms with E-state index >= 15 is 0 Å². The van der Waals surface area contributed by atoms with E-state index in [9.17, 15) is 14.0 Å². The Morgan fingerprint density at radius 1 is 1.20 bits per heavy atom. The summed E-state index contributed by atoms with van der Waals surface area (Å²) >= 11 is 0. The topological polar surface area (TPSA) is 116 Å². The number of carbonyl (C=O) groups excluding carboxylic acids is 2. The molecular formula is C20H21FN6O3. The Kier molecular flexibility index (Phi) is 6.35. The number of amides is 2. The molecule has 2 amide bonds. The van der Waals surface area contributed by atoms with Crippen molar-refractivity contribution in [3.63, 3.8) is 0 Å². The Labute approximate surface area is 172 Å². The molecule has 0 unspecified atom stereocenters. The minimum Gasteiger partial charge on any atom is -0.494 e. The van der Waals surface area contributed by atoms with Crippen LogP contribution in [0.15, 0.2) is 42.5 Å². The molecule has 156 valence electrons. The van der Waals surface area contributed by atoms with Crippen molar-refractivity contribution < 1.29 is 18.7 Å². The molecular weight excluding hydrogens is 391 g/mol. The van der Waals surface area contributed by atoms with Gasteiger partial charge in [-0.25, -0.2) is 4.39 Å². The Hall–Kier alpha value is -3.82. The van der Waals surface area contributed by atoms with Gasteiger partial charge in [0, 0.05) is 24.2 Å². The predicted octanol–water partition coefficient (Wildman–Crippen LogP) is 1.64. The van der Waals surface area contributed by atoms with Crippen LogP contribution in [-0.2, 0) is 17.9 Å². The average Bonchev–Trinajstić information content (AvgIpc) is 3.20. The molecule has 0 bridgehead atoms. The number of ether oxygens (including phenoxy) is 1. The van der Waals surface area contributed by atoms with Crippen molar-refractivity contribution in [2.75, 3.05) is 13.7 Å². The van der Waals surface area contributed by atoms with Crippen molar-refractivity contribution in [3.05, 3.63) is 59.4 Å². The van der Waals surface area contributed by atoms with Crippen LogP contribution in [-0.4, -0.2) is 50.6 Å². The monoisotopic (exact) mass is 412 g/mol. The molecule has 1 aromatic heterocycles. The highest BCUT2D eigenvalue weighted by molar-refractivity contribution is 5.93. The van der Waals surface area contributed by atoms with E-state index < -0.39 is 11.7 Å². The second-order valence-corrected chi connectivity index (χ2v) is 6.46. The maximum atomic E-state index is 13.9. The number of tetrazole rings is 1. The summed E-state index contributed by atoms with van der Waals surface area (Å²) in [5.74, 6) is -0.777. The van der Waals surface area contributed by atoms with Crippen molar-refractivity contribution in [1.29, 1.82) is 0 Å². The molecule has 3 rings (SSSR count). The van der Waals surface area contributed by atoms with Crippen molar-refractivity contribution in [3.8, 4) is 17.1 Å². The first kappa shape index (κ1) is 20.9. The number of hydrogen-bond donors (Lipinski definition) is 1. The fourth-order valence-corrected chi connectivity index (χ4v) is 2.84. The third-order valence-electron chi connectivity index (χ3n) is 4.48. The van der Waals surface area contributed by atoms with Crippen LogP contribution in [0.2, 0.25) is 0 Å². The first-order valence-corrected chi connectivity index (χ1v) is 9.19. The molecule has 3 aromatic rings. The summed E-state index contributed by atoms with van der Waals surface area (Å²) in [6.45, 7) is 2.39. The molecule has 0 aliphatic rings. The van der Waals surface area contributed by atoms with Crippen molar-refractivity contribution >= 4 is 11.8 Å². The highest BCUT2D eigenvalue weighted by atomic mass is 19.1. The molecule has 9 nitrogen and oxygen atoms in total. The van der Waals surface area contributed by atoms with Crippen LogP contribution in [0.4, 0.5) is 4.39 Å². The fraction of sp³-hybridized carbons (Fsp3) is 0.250. The summed E-state index contributed by atoms with van der Waals surface area (Å²) in [7, 11) is 1.39. The van der Waals surface area contributed by atoms with Crippen LogP contribution in [0.3, 0.4) is 0 Å². The number of carbonyl (C=O) groups is 2. The van der Waals surface area contributed by atoms with E-state index in [0.717, 1.165) is 0 Å². The number of halogens is 1. The van der Waals surface area contributed by atoms with E-state index in [2.05, 4.69) is 15.4 Å². The Bertz CT molecular complexity index is 1050. The smallest absolute Gasteiger partial charge is 0.248 e. The quantitative estimate of drug-likeness (QED) is 0.601. The van der Waals surface area contributed by atoms with Gasteiger partial charge < -0.3 is 15.4 Å². The van der Waals surface area contributed by atoms with Crippen LogP contribution < -0.4 is 10.5 Å². The van der Waals surface area contributed by atoms with Crippen LogP contribution in [0.5, 0.6) is 5.75 Å². The molecule has 0 spiro atoms. The van der Waals surface area contributed by atoms with Gasteiger partial charge in [-0.1, -0.05) is 18.2 Å². The van der Waals surface area contributed by atoms with Crippen LogP contribution in [0, 0.1) is 5.82 Å². The lowest BCUT2D eigenvalue weighted by Crippen LogP contribution is -2.33. The van der Waals surface area contributed by atoms with Gasteiger partial charge in [0.2, 0.25) is 17.6 Å². The van der Waals surface area contributed by atoms with Crippen LogP contribution in [0.25, 0.3) is 11.4 Å². The molecule has 0 radical (unpaired) electrons.